The Bertz CT molecular complexity index is 292. The van der Waals surface area contributed by atoms with E-state index in [9.17, 15) is 9.59 Å². The molecule has 0 aliphatic carbocycles. The molecule has 1 heterocycles. The highest BCUT2D eigenvalue weighted by molar-refractivity contribution is 6.15. The first-order valence-corrected chi connectivity index (χ1v) is 3.87. The molecule has 0 amide bonds. The van der Waals surface area contributed by atoms with Gasteiger partial charge in [0.05, 0.1) is 0 Å². The summed E-state index contributed by atoms with van der Waals surface area (Å²) in [5, 5.41) is 17.6. The monoisotopic (exact) mass is 202 g/mol. The topological polar surface area (TPSA) is 93.1 Å². The van der Waals surface area contributed by atoms with Gasteiger partial charge in [-0.1, -0.05) is 0 Å². The van der Waals surface area contributed by atoms with Crippen molar-refractivity contribution in [3.05, 3.63) is 11.3 Å². The van der Waals surface area contributed by atoms with Crippen LogP contribution in [0.2, 0.25) is 0 Å². The van der Waals surface area contributed by atoms with Crippen LogP contribution in [0.5, 0.6) is 0 Å². The molecule has 1 rings (SSSR count). The van der Waals surface area contributed by atoms with Crippen molar-refractivity contribution in [2.24, 2.45) is 0 Å². The maximum absolute atomic E-state index is 11.2. The maximum atomic E-state index is 11.2. The Morgan fingerprint density at radius 1 is 1.29 bits per heavy atom. The van der Waals surface area contributed by atoms with Crippen molar-refractivity contribution < 1.29 is 29.3 Å². The number of esters is 2. The number of hydrogen-bond acceptors (Lipinski definition) is 6. The van der Waals surface area contributed by atoms with Gasteiger partial charge in [0.25, 0.3) is 5.79 Å². The van der Waals surface area contributed by atoms with Gasteiger partial charge in [0.1, 0.15) is 12.4 Å². The van der Waals surface area contributed by atoms with Gasteiger partial charge in [-0.25, -0.2) is 9.59 Å². The van der Waals surface area contributed by atoms with Gasteiger partial charge in [-0.05, 0) is 0 Å². The van der Waals surface area contributed by atoms with Crippen molar-refractivity contribution in [1.82, 2.24) is 0 Å². The number of ether oxygens (including phenoxy) is 2. The van der Waals surface area contributed by atoms with Gasteiger partial charge >= 0.3 is 11.9 Å². The van der Waals surface area contributed by atoms with Crippen LogP contribution in [-0.2, 0) is 19.1 Å². The lowest BCUT2D eigenvalue weighted by molar-refractivity contribution is -0.222. The first-order chi connectivity index (χ1) is 6.37. The fraction of sp³-hybridized carbons (Fsp3) is 0.500. The van der Waals surface area contributed by atoms with E-state index in [1.54, 1.807) is 0 Å². The summed E-state index contributed by atoms with van der Waals surface area (Å²) in [5.74, 6) is -4.10. The standard InChI is InChI=1S/C8H10O6/c1-8(2)13-6(11)5(4(10)3-9)7(12)14-8/h9-10H,3H2,1-2H3. The van der Waals surface area contributed by atoms with Crippen LogP contribution in [0.4, 0.5) is 0 Å². The van der Waals surface area contributed by atoms with E-state index in [2.05, 4.69) is 9.47 Å². The molecular formula is C8H10O6. The lowest BCUT2D eigenvalue weighted by Crippen LogP contribution is -2.42. The molecule has 1 aliphatic rings. The molecule has 78 valence electrons. The fourth-order valence-electron chi connectivity index (χ4n) is 0.967. The molecule has 1 fully saturated rings. The average molecular weight is 202 g/mol. The van der Waals surface area contributed by atoms with Crippen molar-refractivity contribution >= 4 is 11.9 Å². The van der Waals surface area contributed by atoms with Crippen LogP contribution in [0.1, 0.15) is 13.8 Å². The quantitative estimate of drug-likeness (QED) is 0.261. The molecule has 0 aromatic heterocycles. The van der Waals surface area contributed by atoms with Crippen molar-refractivity contribution in [1.29, 1.82) is 0 Å². The fourth-order valence-corrected chi connectivity index (χ4v) is 0.967. The Kier molecular flexibility index (Phi) is 2.48. The van der Waals surface area contributed by atoms with Crippen LogP contribution >= 0.6 is 0 Å². The van der Waals surface area contributed by atoms with E-state index >= 15 is 0 Å². The maximum Gasteiger partial charge on any atom is 0.352 e. The number of carbonyl (C=O) groups excluding carboxylic acids is 2. The Balaban J connectivity index is 3.04. The summed E-state index contributed by atoms with van der Waals surface area (Å²) >= 11 is 0. The highest BCUT2D eigenvalue weighted by Crippen LogP contribution is 2.23. The molecule has 14 heavy (non-hydrogen) atoms. The molecule has 2 N–H and O–H groups in total. The molecule has 0 unspecified atom stereocenters. The third-order valence-corrected chi connectivity index (χ3v) is 1.52. The predicted molar refractivity (Wildman–Crippen MR) is 43.0 cm³/mol. The van der Waals surface area contributed by atoms with Crippen molar-refractivity contribution in [3.63, 3.8) is 0 Å². The molecule has 0 aromatic carbocycles. The van der Waals surface area contributed by atoms with Crippen molar-refractivity contribution in [3.8, 4) is 0 Å². The molecule has 6 heteroatoms. The molecule has 0 atom stereocenters. The second kappa shape index (κ2) is 3.30. The Morgan fingerprint density at radius 2 is 1.71 bits per heavy atom. The number of aliphatic hydroxyl groups is 2. The minimum absolute atomic E-state index is 0.660. The first kappa shape index (κ1) is 10.5. The molecule has 0 spiro atoms. The summed E-state index contributed by atoms with van der Waals surface area (Å²) < 4.78 is 9.34. The first-order valence-electron chi connectivity index (χ1n) is 3.87. The van der Waals surface area contributed by atoms with Crippen LogP contribution in [0, 0.1) is 0 Å². The smallest absolute Gasteiger partial charge is 0.352 e. The zero-order valence-corrected chi connectivity index (χ0v) is 7.73. The molecule has 0 bridgehead atoms. The van der Waals surface area contributed by atoms with Crippen molar-refractivity contribution in [2.75, 3.05) is 6.61 Å². The third-order valence-electron chi connectivity index (χ3n) is 1.52. The summed E-state index contributed by atoms with van der Waals surface area (Å²) in [6.07, 6.45) is 0. The van der Waals surface area contributed by atoms with Gasteiger partial charge in [0.15, 0.2) is 5.57 Å². The summed E-state index contributed by atoms with van der Waals surface area (Å²) in [4.78, 5) is 22.3. The van der Waals surface area contributed by atoms with E-state index in [1.165, 1.54) is 13.8 Å². The second-order valence-corrected chi connectivity index (χ2v) is 3.16. The minimum atomic E-state index is -1.34. The SMILES string of the molecule is CC1(C)OC(=O)C(=C(O)CO)C(=O)O1. The van der Waals surface area contributed by atoms with Crippen LogP contribution in [0.3, 0.4) is 0 Å². The number of cyclic esters (lactones) is 2. The summed E-state index contributed by atoms with van der Waals surface area (Å²) in [6, 6.07) is 0. The summed E-state index contributed by atoms with van der Waals surface area (Å²) in [7, 11) is 0. The Hall–Kier alpha value is -1.56. The predicted octanol–water partition coefficient (Wildman–Crippen LogP) is -0.373. The summed E-state index contributed by atoms with van der Waals surface area (Å²) in [5.41, 5.74) is -0.660. The number of rotatable bonds is 1. The van der Waals surface area contributed by atoms with E-state index in [4.69, 9.17) is 10.2 Å². The van der Waals surface area contributed by atoms with Gasteiger partial charge < -0.3 is 19.7 Å². The van der Waals surface area contributed by atoms with Crippen LogP contribution in [0.15, 0.2) is 11.3 Å². The minimum Gasteiger partial charge on any atom is -0.509 e. The van der Waals surface area contributed by atoms with Crippen LogP contribution < -0.4 is 0 Å². The number of carbonyl (C=O) groups is 2. The highest BCUT2D eigenvalue weighted by atomic mass is 16.7. The van der Waals surface area contributed by atoms with E-state index in [1.807, 2.05) is 0 Å². The number of hydrogen-bond donors (Lipinski definition) is 2. The molecule has 1 saturated heterocycles. The Morgan fingerprint density at radius 3 is 2.07 bits per heavy atom. The molecule has 0 radical (unpaired) electrons. The van der Waals surface area contributed by atoms with Gasteiger partial charge in [-0.15, -0.1) is 0 Å². The largest absolute Gasteiger partial charge is 0.509 e. The van der Waals surface area contributed by atoms with Crippen LogP contribution in [0.25, 0.3) is 0 Å². The molecular weight excluding hydrogens is 192 g/mol. The van der Waals surface area contributed by atoms with E-state index in [-0.39, 0.29) is 0 Å². The molecule has 0 aromatic rings. The normalized spacial score (nSPS) is 20.1. The zero-order chi connectivity index (χ0) is 10.9. The molecule has 6 nitrogen and oxygen atoms in total. The Labute approximate surface area is 79.7 Å². The zero-order valence-electron chi connectivity index (χ0n) is 7.73. The van der Waals surface area contributed by atoms with Gasteiger partial charge in [0.2, 0.25) is 0 Å². The van der Waals surface area contributed by atoms with Crippen molar-refractivity contribution in [2.45, 2.75) is 19.6 Å². The van der Waals surface area contributed by atoms with Gasteiger partial charge in [-0.2, -0.15) is 0 Å². The van der Waals surface area contributed by atoms with Gasteiger partial charge in [-0.3, -0.25) is 0 Å². The third kappa shape index (κ3) is 1.85. The van der Waals surface area contributed by atoms with Gasteiger partial charge in [0, 0.05) is 13.8 Å². The van der Waals surface area contributed by atoms with Crippen LogP contribution in [-0.4, -0.2) is 34.5 Å². The lowest BCUT2D eigenvalue weighted by Gasteiger charge is -2.29. The van der Waals surface area contributed by atoms with E-state index < -0.39 is 35.7 Å². The lowest BCUT2D eigenvalue weighted by atomic mass is 10.2. The summed E-state index contributed by atoms with van der Waals surface area (Å²) in [6.45, 7) is 1.95. The highest BCUT2D eigenvalue weighted by Gasteiger charge is 2.40. The average Bonchev–Trinajstić information content (AvgIpc) is 1.99. The molecule has 0 saturated carbocycles. The second-order valence-electron chi connectivity index (χ2n) is 3.16. The molecule has 1 aliphatic heterocycles. The van der Waals surface area contributed by atoms with E-state index in [0.717, 1.165) is 0 Å². The van der Waals surface area contributed by atoms with E-state index in [0.29, 0.717) is 0 Å². The number of aliphatic hydroxyl groups excluding tert-OH is 2.